The molecule has 2 aromatic carbocycles. The lowest BCUT2D eigenvalue weighted by Gasteiger charge is -2.25. The lowest BCUT2D eigenvalue weighted by Crippen LogP contribution is -2.44. The third-order valence-electron chi connectivity index (χ3n) is 6.55. The quantitative estimate of drug-likeness (QED) is 0.453. The maximum Gasteiger partial charge on any atom is 0.240 e. The molecular formula is C30H38N4O3S. The second-order valence-corrected chi connectivity index (χ2v) is 12.3. The highest BCUT2D eigenvalue weighted by Crippen LogP contribution is 2.50. The minimum absolute atomic E-state index is 0.0332. The van der Waals surface area contributed by atoms with E-state index in [2.05, 4.69) is 39.1 Å². The molecule has 2 amide bonds. The third kappa shape index (κ3) is 5.46. The molecule has 4 rings (SSSR count). The molecule has 1 atom stereocenters. The van der Waals surface area contributed by atoms with Gasteiger partial charge in [0.2, 0.25) is 11.8 Å². The van der Waals surface area contributed by atoms with Crippen molar-refractivity contribution in [2.75, 3.05) is 24.3 Å². The number of para-hydroxylation sites is 1. The Morgan fingerprint density at radius 3 is 2.53 bits per heavy atom. The summed E-state index contributed by atoms with van der Waals surface area (Å²) in [5.41, 5.74) is 5.56. The molecule has 3 aromatic rings. The number of carbonyl (C=O) groups excluding carboxylic acids is 2. The average Bonchev–Trinajstić information content (AvgIpc) is 3.16. The van der Waals surface area contributed by atoms with Crippen LogP contribution in [0.2, 0.25) is 0 Å². The first-order valence-electron chi connectivity index (χ1n) is 13.0. The fourth-order valence-electron chi connectivity index (χ4n) is 4.92. The smallest absolute Gasteiger partial charge is 0.240 e. The molecule has 1 aromatic heterocycles. The van der Waals surface area contributed by atoms with Gasteiger partial charge >= 0.3 is 0 Å². The molecule has 1 aliphatic heterocycles. The van der Waals surface area contributed by atoms with Gasteiger partial charge in [0.05, 0.1) is 29.5 Å². The van der Waals surface area contributed by atoms with Crippen molar-refractivity contribution in [1.82, 2.24) is 15.1 Å². The number of benzene rings is 2. The van der Waals surface area contributed by atoms with E-state index < -0.39 is 0 Å². The summed E-state index contributed by atoms with van der Waals surface area (Å²) in [5, 5.41) is 7.92. The molecule has 2 heterocycles. The van der Waals surface area contributed by atoms with Crippen molar-refractivity contribution in [3.05, 3.63) is 70.4 Å². The van der Waals surface area contributed by atoms with Crippen LogP contribution in [0.5, 0.6) is 5.75 Å². The van der Waals surface area contributed by atoms with Crippen LogP contribution in [-0.2, 0) is 15.0 Å². The molecule has 1 N–H and O–H groups in total. The summed E-state index contributed by atoms with van der Waals surface area (Å²) >= 11 is 1.55. The maximum atomic E-state index is 13.8. The minimum atomic E-state index is -0.325. The molecule has 8 heteroatoms. The van der Waals surface area contributed by atoms with E-state index in [0.717, 1.165) is 39.4 Å². The molecule has 0 aliphatic carbocycles. The normalized spacial score (nSPS) is 15.9. The topological polar surface area (TPSA) is 76.5 Å². The summed E-state index contributed by atoms with van der Waals surface area (Å²) < 4.78 is 7.64. The highest BCUT2D eigenvalue weighted by Gasteiger charge is 2.40. The van der Waals surface area contributed by atoms with E-state index in [1.807, 2.05) is 61.9 Å². The number of nitrogens with zero attached hydrogens (tertiary/aromatic N) is 3. The van der Waals surface area contributed by atoms with Crippen molar-refractivity contribution in [1.29, 1.82) is 0 Å². The van der Waals surface area contributed by atoms with Crippen LogP contribution in [0.1, 0.15) is 67.8 Å². The number of nitrogens with one attached hydrogen (secondary N) is 1. The van der Waals surface area contributed by atoms with Gasteiger partial charge in [-0.25, -0.2) is 4.68 Å². The molecule has 1 aliphatic rings. The van der Waals surface area contributed by atoms with Crippen LogP contribution in [0.25, 0.3) is 5.69 Å². The van der Waals surface area contributed by atoms with Crippen molar-refractivity contribution in [3.8, 4) is 11.4 Å². The monoisotopic (exact) mass is 534 g/mol. The van der Waals surface area contributed by atoms with Crippen molar-refractivity contribution in [2.45, 2.75) is 65.2 Å². The predicted octanol–water partition coefficient (Wildman–Crippen LogP) is 5.49. The fourth-order valence-corrected chi connectivity index (χ4v) is 6.15. The van der Waals surface area contributed by atoms with Gasteiger partial charge in [0, 0.05) is 22.6 Å². The third-order valence-corrected chi connectivity index (χ3v) is 7.79. The van der Waals surface area contributed by atoms with Gasteiger partial charge in [-0.15, -0.1) is 11.8 Å². The van der Waals surface area contributed by atoms with Gasteiger partial charge in [-0.05, 0) is 45.4 Å². The van der Waals surface area contributed by atoms with Crippen molar-refractivity contribution < 1.29 is 14.3 Å². The summed E-state index contributed by atoms with van der Waals surface area (Å²) in [6.07, 6.45) is 0. The molecule has 0 saturated carbocycles. The zero-order valence-corrected chi connectivity index (χ0v) is 24.4. The van der Waals surface area contributed by atoms with Gasteiger partial charge in [-0.1, -0.05) is 56.7 Å². The van der Waals surface area contributed by atoms with Crippen LogP contribution in [0.15, 0.2) is 42.5 Å². The Kier molecular flexibility index (Phi) is 7.93. The molecule has 7 nitrogen and oxygen atoms in total. The molecule has 0 fully saturated rings. The van der Waals surface area contributed by atoms with E-state index in [0.29, 0.717) is 5.82 Å². The second kappa shape index (κ2) is 10.8. The van der Waals surface area contributed by atoms with Crippen LogP contribution < -0.4 is 15.0 Å². The van der Waals surface area contributed by atoms with Crippen LogP contribution in [0.3, 0.4) is 0 Å². The van der Waals surface area contributed by atoms with E-state index in [4.69, 9.17) is 9.84 Å². The number of aromatic nitrogens is 2. The Morgan fingerprint density at radius 2 is 1.89 bits per heavy atom. The SMILES string of the molecule is COc1ccccc1C1SCC(=O)N(CC(=O)NC(C)C)c2c1c(C(C)(C)C)nn2-c1ccc(C)cc1C. The number of carbonyl (C=O) groups is 2. The Balaban J connectivity index is 2.06. The highest BCUT2D eigenvalue weighted by atomic mass is 32.2. The van der Waals surface area contributed by atoms with Gasteiger partial charge < -0.3 is 10.1 Å². The van der Waals surface area contributed by atoms with E-state index in [1.165, 1.54) is 0 Å². The summed E-state index contributed by atoms with van der Waals surface area (Å²) in [5.74, 6) is 1.30. The molecule has 0 saturated heterocycles. The number of thioether (sulfide) groups is 1. The summed E-state index contributed by atoms with van der Waals surface area (Å²) in [7, 11) is 1.67. The Labute approximate surface area is 229 Å². The summed E-state index contributed by atoms with van der Waals surface area (Å²) in [6.45, 7) is 14.3. The molecule has 0 radical (unpaired) electrons. The van der Waals surface area contributed by atoms with E-state index in [1.54, 1.807) is 23.8 Å². The first-order valence-corrected chi connectivity index (χ1v) is 14.0. The Morgan fingerprint density at radius 1 is 1.18 bits per heavy atom. The minimum Gasteiger partial charge on any atom is -0.496 e. The zero-order valence-electron chi connectivity index (χ0n) is 23.6. The lowest BCUT2D eigenvalue weighted by molar-refractivity contribution is -0.123. The van der Waals surface area contributed by atoms with Crippen molar-refractivity contribution in [3.63, 3.8) is 0 Å². The Bertz CT molecular complexity index is 1360. The van der Waals surface area contributed by atoms with Crippen LogP contribution in [0.4, 0.5) is 5.82 Å². The molecule has 202 valence electrons. The average molecular weight is 535 g/mol. The number of rotatable bonds is 6. The number of hydrogen-bond donors (Lipinski definition) is 1. The number of amides is 2. The molecule has 38 heavy (non-hydrogen) atoms. The number of methoxy groups -OCH3 is 1. The number of aryl methyl sites for hydroxylation is 2. The van der Waals surface area contributed by atoms with E-state index in [9.17, 15) is 9.59 Å². The second-order valence-electron chi connectivity index (χ2n) is 11.2. The number of ether oxygens (including phenoxy) is 1. The van der Waals surface area contributed by atoms with Crippen LogP contribution in [-0.4, -0.2) is 47.0 Å². The number of hydrogen-bond acceptors (Lipinski definition) is 5. The number of anilines is 1. The van der Waals surface area contributed by atoms with Gasteiger partial charge in [-0.2, -0.15) is 5.10 Å². The first kappa shape index (κ1) is 27.8. The highest BCUT2D eigenvalue weighted by molar-refractivity contribution is 8.00. The fraction of sp³-hybridized carbons (Fsp3) is 0.433. The largest absolute Gasteiger partial charge is 0.496 e. The predicted molar refractivity (Wildman–Crippen MR) is 155 cm³/mol. The van der Waals surface area contributed by atoms with E-state index in [-0.39, 0.29) is 40.8 Å². The van der Waals surface area contributed by atoms with Crippen molar-refractivity contribution in [2.24, 2.45) is 0 Å². The maximum absolute atomic E-state index is 13.8. The molecule has 1 unspecified atom stereocenters. The zero-order chi connectivity index (χ0) is 27.8. The Hall–Kier alpha value is -3.26. The first-order chi connectivity index (χ1) is 17.9. The van der Waals surface area contributed by atoms with Crippen molar-refractivity contribution >= 4 is 29.4 Å². The summed E-state index contributed by atoms with van der Waals surface area (Å²) in [6, 6.07) is 14.1. The molecule has 0 bridgehead atoms. The van der Waals surface area contributed by atoms with Crippen LogP contribution >= 0.6 is 11.8 Å². The molecular weight excluding hydrogens is 496 g/mol. The van der Waals surface area contributed by atoms with Gasteiger partial charge in [0.25, 0.3) is 0 Å². The van der Waals surface area contributed by atoms with Gasteiger partial charge in [-0.3, -0.25) is 14.5 Å². The lowest BCUT2D eigenvalue weighted by atomic mass is 9.87. The number of fused-ring (bicyclic) bond motifs is 1. The molecule has 0 spiro atoms. The van der Waals surface area contributed by atoms with Crippen LogP contribution in [0, 0.1) is 13.8 Å². The standard InChI is InChI=1S/C30H38N4O3S/c1-18(2)31-24(35)16-33-25(36)17-38-27(21-11-9-10-12-23(21)37-8)26-28(30(5,6)7)32-34(29(26)33)22-14-13-19(3)15-20(22)4/h9-15,18,27H,16-17H2,1-8H3,(H,31,35). The van der Waals surface area contributed by atoms with Gasteiger partial charge in [0.1, 0.15) is 18.1 Å². The van der Waals surface area contributed by atoms with E-state index >= 15 is 0 Å². The van der Waals surface area contributed by atoms with Gasteiger partial charge in [0.15, 0.2) is 0 Å². The summed E-state index contributed by atoms with van der Waals surface area (Å²) in [4.78, 5) is 28.4.